The third-order valence-corrected chi connectivity index (χ3v) is 5.76. The van der Waals surface area contributed by atoms with Crippen molar-refractivity contribution in [2.75, 3.05) is 33.2 Å². The van der Waals surface area contributed by atoms with Gasteiger partial charge in [0.1, 0.15) is 0 Å². The molecule has 4 heterocycles. The van der Waals surface area contributed by atoms with E-state index in [1.807, 2.05) is 23.6 Å². The maximum atomic E-state index is 4.60. The Hall–Kier alpha value is -1.53. The fraction of sp³-hybridized carbons (Fsp3) is 0.722. The molecule has 2 aliphatic rings. The molecule has 0 aliphatic carbocycles. The van der Waals surface area contributed by atoms with Gasteiger partial charge in [-0.15, -0.1) is 10.2 Å². The van der Waals surface area contributed by atoms with Gasteiger partial charge in [-0.1, -0.05) is 6.42 Å². The van der Waals surface area contributed by atoms with Gasteiger partial charge in [-0.3, -0.25) is 0 Å². The zero-order chi connectivity index (χ0) is 16.5. The van der Waals surface area contributed by atoms with E-state index in [4.69, 9.17) is 0 Å². The molecule has 2 aromatic heterocycles. The number of aryl methyl sites for hydroxylation is 1. The van der Waals surface area contributed by atoms with Crippen LogP contribution in [-0.4, -0.2) is 68.9 Å². The highest BCUT2D eigenvalue weighted by molar-refractivity contribution is 5.36. The van der Waals surface area contributed by atoms with E-state index < -0.39 is 0 Å². The summed E-state index contributed by atoms with van der Waals surface area (Å²) in [6.07, 6.45) is 6.43. The number of likely N-dealkylation sites (N-methyl/N-ethyl adjacent to an activating group) is 1. The molecule has 2 saturated heterocycles. The van der Waals surface area contributed by atoms with Gasteiger partial charge >= 0.3 is 0 Å². The topological polar surface area (TPSA) is 49.6 Å². The summed E-state index contributed by atoms with van der Waals surface area (Å²) in [5.74, 6) is 1.53. The van der Waals surface area contributed by atoms with Crippen molar-refractivity contribution >= 4 is 5.65 Å². The van der Waals surface area contributed by atoms with Gasteiger partial charge in [-0.05, 0) is 71.4 Å². The first-order valence-electron chi connectivity index (χ1n) is 9.32. The zero-order valence-corrected chi connectivity index (χ0v) is 14.9. The fourth-order valence-corrected chi connectivity index (χ4v) is 4.20. The van der Waals surface area contributed by atoms with E-state index in [1.54, 1.807) is 0 Å². The Bertz CT molecular complexity index is 688. The molecule has 2 fully saturated rings. The van der Waals surface area contributed by atoms with Crippen molar-refractivity contribution in [1.29, 1.82) is 0 Å². The van der Waals surface area contributed by atoms with Crippen molar-refractivity contribution in [2.45, 2.75) is 51.0 Å². The largest absolute Gasteiger partial charge is 0.302 e. The van der Waals surface area contributed by atoms with Crippen LogP contribution < -0.4 is 0 Å². The van der Waals surface area contributed by atoms with Crippen LogP contribution in [0.3, 0.4) is 0 Å². The van der Waals surface area contributed by atoms with Crippen LogP contribution in [0.1, 0.15) is 49.5 Å². The quantitative estimate of drug-likeness (QED) is 0.863. The van der Waals surface area contributed by atoms with Crippen LogP contribution in [-0.2, 0) is 0 Å². The molecule has 130 valence electrons. The van der Waals surface area contributed by atoms with Crippen LogP contribution in [0, 0.1) is 6.92 Å². The van der Waals surface area contributed by atoms with Crippen molar-refractivity contribution in [3.63, 3.8) is 0 Å². The maximum Gasteiger partial charge on any atom is 0.177 e. The van der Waals surface area contributed by atoms with Gasteiger partial charge in [0, 0.05) is 18.5 Å². The highest BCUT2D eigenvalue weighted by atomic mass is 15.4. The van der Waals surface area contributed by atoms with E-state index in [1.165, 1.54) is 32.4 Å². The summed E-state index contributed by atoms with van der Waals surface area (Å²) in [5, 5.41) is 13.3. The number of nitrogens with zero attached hydrogens (tertiary/aromatic N) is 6. The molecule has 0 spiro atoms. The molecule has 4 rings (SSSR count). The highest BCUT2D eigenvalue weighted by Crippen LogP contribution is 2.27. The number of rotatable bonds is 3. The summed E-state index contributed by atoms with van der Waals surface area (Å²) in [6, 6.07) is 4.75. The molecule has 6 nitrogen and oxygen atoms in total. The molecule has 0 amide bonds. The Morgan fingerprint density at radius 3 is 2.67 bits per heavy atom. The average Bonchev–Trinajstić information content (AvgIpc) is 3.01. The Morgan fingerprint density at radius 1 is 1.04 bits per heavy atom. The van der Waals surface area contributed by atoms with Gasteiger partial charge in [0.25, 0.3) is 0 Å². The lowest BCUT2D eigenvalue weighted by Gasteiger charge is -2.38. The summed E-state index contributed by atoms with van der Waals surface area (Å²) >= 11 is 0. The minimum absolute atomic E-state index is 0.481. The first-order valence-corrected chi connectivity index (χ1v) is 9.32. The lowest BCUT2D eigenvalue weighted by atomic mass is 9.95. The number of hydrogen-bond acceptors (Lipinski definition) is 5. The van der Waals surface area contributed by atoms with Gasteiger partial charge in [-0.2, -0.15) is 9.61 Å². The monoisotopic (exact) mass is 328 g/mol. The van der Waals surface area contributed by atoms with Crippen LogP contribution in [0.25, 0.3) is 5.65 Å². The second kappa shape index (κ2) is 6.76. The van der Waals surface area contributed by atoms with Gasteiger partial charge in [0.2, 0.25) is 0 Å². The number of fused-ring (bicyclic) bond motifs is 1. The van der Waals surface area contributed by atoms with Crippen molar-refractivity contribution in [2.24, 2.45) is 0 Å². The Balaban J connectivity index is 1.39. The third-order valence-electron chi connectivity index (χ3n) is 5.76. The zero-order valence-electron chi connectivity index (χ0n) is 14.9. The second-order valence-corrected chi connectivity index (χ2v) is 7.51. The molecule has 0 N–H and O–H groups in total. The van der Waals surface area contributed by atoms with E-state index in [2.05, 4.69) is 32.1 Å². The lowest BCUT2D eigenvalue weighted by molar-refractivity contribution is 0.111. The summed E-state index contributed by atoms with van der Waals surface area (Å²) in [5.41, 5.74) is 1.88. The smallest absolute Gasteiger partial charge is 0.177 e. The molecule has 0 saturated carbocycles. The molecular weight excluding hydrogens is 300 g/mol. The fourth-order valence-electron chi connectivity index (χ4n) is 4.20. The number of aromatic nitrogens is 4. The lowest BCUT2D eigenvalue weighted by Crippen LogP contribution is -2.46. The Morgan fingerprint density at radius 2 is 1.88 bits per heavy atom. The first-order chi connectivity index (χ1) is 11.7. The summed E-state index contributed by atoms with van der Waals surface area (Å²) in [6.45, 7) is 6.83. The Kier molecular flexibility index (Phi) is 4.50. The minimum atomic E-state index is 0.481. The SMILES string of the molecule is Cc1ccc2nnc(C3CCN(CC4CCCCN4C)CC3)n2n1. The summed E-state index contributed by atoms with van der Waals surface area (Å²) < 4.78 is 1.95. The first kappa shape index (κ1) is 16.0. The van der Waals surface area contributed by atoms with Crippen LogP contribution in [0.5, 0.6) is 0 Å². The number of likely N-dealkylation sites (tertiary alicyclic amines) is 2. The average molecular weight is 328 g/mol. The van der Waals surface area contributed by atoms with Gasteiger partial charge < -0.3 is 9.80 Å². The van der Waals surface area contributed by atoms with Crippen LogP contribution >= 0.6 is 0 Å². The number of hydrogen-bond donors (Lipinski definition) is 0. The molecule has 0 radical (unpaired) electrons. The van der Waals surface area contributed by atoms with E-state index in [-0.39, 0.29) is 0 Å². The van der Waals surface area contributed by atoms with Crippen LogP contribution in [0.4, 0.5) is 0 Å². The van der Waals surface area contributed by atoms with Crippen molar-refractivity contribution in [3.05, 3.63) is 23.7 Å². The Labute approximate surface area is 143 Å². The highest BCUT2D eigenvalue weighted by Gasteiger charge is 2.28. The molecule has 1 unspecified atom stereocenters. The predicted molar refractivity (Wildman–Crippen MR) is 94.2 cm³/mol. The molecule has 0 bridgehead atoms. The molecule has 6 heteroatoms. The van der Waals surface area contributed by atoms with E-state index in [9.17, 15) is 0 Å². The molecule has 24 heavy (non-hydrogen) atoms. The standard InChI is InChI=1S/C18H28N6/c1-14-6-7-17-19-20-18(24(17)21-14)15-8-11-23(12-9-15)13-16-5-3-4-10-22(16)2/h6-7,15-16H,3-5,8-13H2,1-2H3. The summed E-state index contributed by atoms with van der Waals surface area (Å²) in [7, 11) is 2.28. The van der Waals surface area contributed by atoms with Crippen molar-refractivity contribution in [3.8, 4) is 0 Å². The van der Waals surface area contributed by atoms with Gasteiger partial charge in [0.15, 0.2) is 11.5 Å². The van der Waals surface area contributed by atoms with Crippen molar-refractivity contribution < 1.29 is 0 Å². The summed E-state index contributed by atoms with van der Waals surface area (Å²) in [4.78, 5) is 5.19. The number of piperidine rings is 2. The van der Waals surface area contributed by atoms with Gasteiger partial charge in [-0.25, -0.2) is 0 Å². The van der Waals surface area contributed by atoms with Gasteiger partial charge in [0.05, 0.1) is 5.69 Å². The van der Waals surface area contributed by atoms with Crippen molar-refractivity contribution in [1.82, 2.24) is 29.6 Å². The molecule has 2 aliphatic heterocycles. The third kappa shape index (κ3) is 3.17. The normalized spacial score (nSPS) is 24.7. The molecular formula is C18H28N6. The molecule has 0 aromatic carbocycles. The van der Waals surface area contributed by atoms with E-state index >= 15 is 0 Å². The van der Waals surface area contributed by atoms with Crippen LogP contribution in [0.15, 0.2) is 12.1 Å². The molecule has 2 aromatic rings. The predicted octanol–water partition coefficient (Wildman–Crippen LogP) is 2.10. The van der Waals surface area contributed by atoms with E-state index in [0.29, 0.717) is 5.92 Å². The van der Waals surface area contributed by atoms with E-state index in [0.717, 1.165) is 49.1 Å². The van der Waals surface area contributed by atoms with Crippen LogP contribution in [0.2, 0.25) is 0 Å². The minimum Gasteiger partial charge on any atom is -0.302 e. The second-order valence-electron chi connectivity index (χ2n) is 7.51. The molecule has 1 atom stereocenters. The maximum absolute atomic E-state index is 4.60.